The molecule has 0 bridgehead atoms. The average molecular weight is 259 g/mol. The number of hydrogen-bond acceptors (Lipinski definition) is 4. The van der Waals surface area contributed by atoms with Gasteiger partial charge in [0.25, 0.3) is 6.43 Å². The van der Waals surface area contributed by atoms with E-state index in [1.54, 1.807) is 13.8 Å². The van der Waals surface area contributed by atoms with Gasteiger partial charge in [0, 0.05) is 6.04 Å². The maximum atomic E-state index is 12.9. The quantitative estimate of drug-likeness (QED) is 0.844. The number of fused-ring (bicyclic) bond motifs is 1. The first-order chi connectivity index (χ1) is 8.54. The van der Waals surface area contributed by atoms with Gasteiger partial charge in [-0.1, -0.05) is 0 Å². The molecule has 1 aromatic heterocycles. The molecular formula is C11H15F2N3O2. The van der Waals surface area contributed by atoms with Crippen LogP contribution in [0.15, 0.2) is 6.20 Å². The van der Waals surface area contributed by atoms with E-state index in [-0.39, 0.29) is 24.6 Å². The van der Waals surface area contributed by atoms with E-state index in [0.29, 0.717) is 5.82 Å². The van der Waals surface area contributed by atoms with E-state index in [0.717, 1.165) is 0 Å². The molecule has 0 aromatic carbocycles. The van der Waals surface area contributed by atoms with Gasteiger partial charge in [0.05, 0.1) is 12.8 Å². The summed E-state index contributed by atoms with van der Waals surface area (Å²) in [6.45, 7) is 3.71. The van der Waals surface area contributed by atoms with E-state index in [1.807, 2.05) is 0 Å². The standard InChI is InChI=1S/C11H15F2N3O2/c1-3-18-11(17)7-5-14-16-8(9(12)13)4-6(2)15-10(7)16/h5-6,8-9,15H,3-4H2,1-2H3/t6-,8+/m1/s1. The zero-order chi connectivity index (χ0) is 13.3. The number of nitrogens with one attached hydrogen (secondary N) is 1. The molecule has 2 atom stereocenters. The number of halogens is 2. The Bertz CT molecular complexity index is 447. The molecular weight excluding hydrogens is 244 g/mol. The van der Waals surface area contributed by atoms with Gasteiger partial charge in [0.2, 0.25) is 0 Å². The highest BCUT2D eigenvalue weighted by Gasteiger charge is 2.34. The molecule has 0 aliphatic carbocycles. The van der Waals surface area contributed by atoms with Crippen LogP contribution in [0, 0.1) is 0 Å². The molecule has 1 aromatic rings. The first-order valence-electron chi connectivity index (χ1n) is 5.84. The Hall–Kier alpha value is -1.66. The summed E-state index contributed by atoms with van der Waals surface area (Å²) in [6.07, 6.45) is -0.967. The molecule has 0 fully saturated rings. The maximum Gasteiger partial charge on any atom is 0.343 e. The lowest BCUT2D eigenvalue weighted by Crippen LogP contribution is -2.34. The Kier molecular flexibility index (Phi) is 3.49. The fourth-order valence-electron chi connectivity index (χ4n) is 2.08. The molecule has 0 amide bonds. The minimum atomic E-state index is -2.51. The predicted molar refractivity (Wildman–Crippen MR) is 60.9 cm³/mol. The molecule has 1 aliphatic heterocycles. The monoisotopic (exact) mass is 259 g/mol. The van der Waals surface area contributed by atoms with Crippen molar-refractivity contribution in [2.45, 2.75) is 38.8 Å². The predicted octanol–water partition coefficient (Wildman–Crippen LogP) is 2.07. The van der Waals surface area contributed by atoms with Crippen LogP contribution in [-0.2, 0) is 4.74 Å². The molecule has 0 radical (unpaired) electrons. The Morgan fingerprint density at radius 2 is 2.44 bits per heavy atom. The van der Waals surface area contributed by atoms with Crippen LogP contribution >= 0.6 is 0 Å². The van der Waals surface area contributed by atoms with Gasteiger partial charge in [-0.3, -0.25) is 0 Å². The number of rotatable bonds is 3. The Labute approximate surface area is 103 Å². The first-order valence-corrected chi connectivity index (χ1v) is 5.84. The van der Waals surface area contributed by atoms with Gasteiger partial charge in [0.1, 0.15) is 17.4 Å². The molecule has 0 spiro atoms. The summed E-state index contributed by atoms with van der Waals surface area (Å²) in [4.78, 5) is 11.7. The second-order valence-electron chi connectivity index (χ2n) is 4.25. The first kappa shape index (κ1) is 12.8. The summed E-state index contributed by atoms with van der Waals surface area (Å²) in [6, 6.07) is -1.14. The summed E-state index contributed by atoms with van der Waals surface area (Å²) in [7, 11) is 0. The van der Waals surface area contributed by atoms with Crippen molar-refractivity contribution in [2.24, 2.45) is 0 Å². The highest BCUT2D eigenvalue weighted by Crippen LogP contribution is 2.33. The molecule has 2 heterocycles. The van der Waals surface area contributed by atoms with Crippen LogP contribution in [0.2, 0.25) is 0 Å². The van der Waals surface area contributed by atoms with Crippen molar-refractivity contribution in [3.05, 3.63) is 11.8 Å². The summed E-state index contributed by atoms with van der Waals surface area (Å²) in [5.74, 6) is -0.231. The normalized spacial score (nSPS) is 22.5. The molecule has 2 rings (SSSR count). The lowest BCUT2D eigenvalue weighted by molar-refractivity contribution is 0.0522. The highest BCUT2D eigenvalue weighted by atomic mass is 19.3. The second-order valence-corrected chi connectivity index (χ2v) is 4.25. The molecule has 5 nitrogen and oxygen atoms in total. The molecule has 1 N–H and O–H groups in total. The largest absolute Gasteiger partial charge is 0.462 e. The number of aromatic nitrogens is 2. The Morgan fingerprint density at radius 3 is 3.06 bits per heavy atom. The zero-order valence-corrected chi connectivity index (χ0v) is 10.2. The van der Waals surface area contributed by atoms with Gasteiger partial charge >= 0.3 is 5.97 Å². The van der Waals surface area contributed by atoms with Crippen molar-refractivity contribution in [1.29, 1.82) is 0 Å². The number of ether oxygens (including phenoxy) is 1. The van der Waals surface area contributed by atoms with E-state index in [1.165, 1.54) is 10.9 Å². The van der Waals surface area contributed by atoms with Crippen LogP contribution in [0.1, 0.15) is 36.7 Å². The number of anilines is 1. The minimum absolute atomic E-state index is 0.138. The van der Waals surface area contributed by atoms with Gasteiger partial charge in [-0.05, 0) is 20.3 Å². The Balaban J connectivity index is 2.36. The second kappa shape index (κ2) is 4.91. The van der Waals surface area contributed by atoms with E-state index < -0.39 is 18.4 Å². The number of nitrogens with zero attached hydrogens (tertiary/aromatic N) is 2. The van der Waals surface area contributed by atoms with Crippen molar-refractivity contribution in [3.8, 4) is 0 Å². The third kappa shape index (κ3) is 2.16. The van der Waals surface area contributed by atoms with Crippen LogP contribution < -0.4 is 5.32 Å². The minimum Gasteiger partial charge on any atom is -0.462 e. The van der Waals surface area contributed by atoms with Crippen molar-refractivity contribution >= 4 is 11.8 Å². The summed E-state index contributed by atoms with van der Waals surface area (Å²) in [5.41, 5.74) is 0.203. The Morgan fingerprint density at radius 1 is 1.72 bits per heavy atom. The molecule has 1 aliphatic rings. The van der Waals surface area contributed by atoms with E-state index in [2.05, 4.69) is 10.4 Å². The topological polar surface area (TPSA) is 56.1 Å². The van der Waals surface area contributed by atoms with Gasteiger partial charge < -0.3 is 10.1 Å². The van der Waals surface area contributed by atoms with Crippen LogP contribution in [0.4, 0.5) is 14.6 Å². The number of hydrogen-bond donors (Lipinski definition) is 1. The van der Waals surface area contributed by atoms with E-state index in [9.17, 15) is 13.6 Å². The number of carbonyl (C=O) groups is 1. The molecule has 0 saturated heterocycles. The molecule has 0 saturated carbocycles. The van der Waals surface area contributed by atoms with Crippen LogP contribution in [0.25, 0.3) is 0 Å². The fourth-order valence-corrected chi connectivity index (χ4v) is 2.08. The number of alkyl halides is 2. The molecule has 100 valence electrons. The fraction of sp³-hybridized carbons (Fsp3) is 0.636. The lowest BCUT2D eigenvalue weighted by atomic mass is 10.1. The summed E-state index contributed by atoms with van der Waals surface area (Å²) >= 11 is 0. The van der Waals surface area contributed by atoms with Crippen molar-refractivity contribution < 1.29 is 18.3 Å². The van der Waals surface area contributed by atoms with Crippen LogP contribution in [0.3, 0.4) is 0 Å². The van der Waals surface area contributed by atoms with Gasteiger partial charge in [-0.2, -0.15) is 5.10 Å². The van der Waals surface area contributed by atoms with Gasteiger partial charge in [-0.15, -0.1) is 0 Å². The SMILES string of the molecule is CCOC(=O)c1cnn2c1N[C@H](C)C[C@H]2C(F)F. The smallest absolute Gasteiger partial charge is 0.343 e. The average Bonchev–Trinajstić information content (AvgIpc) is 2.71. The van der Waals surface area contributed by atoms with Crippen molar-refractivity contribution in [3.63, 3.8) is 0 Å². The van der Waals surface area contributed by atoms with Gasteiger partial charge in [-0.25, -0.2) is 18.3 Å². The zero-order valence-electron chi connectivity index (χ0n) is 10.2. The van der Waals surface area contributed by atoms with Crippen molar-refractivity contribution in [1.82, 2.24) is 9.78 Å². The third-order valence-electron chi connectivity index (χ3n) is 2.87. The van der Waals surface area contributed by atoms with Crippen LogP contribution in [-0.4, -0.2) is 34.8 Å². The lowest BCUT2D eigenvalue weighted by Gasteiger charge is -2.30. The van der Waals surface area contributed by atoms with Gasteiger partial charge in [0.15, 0.2) is 0 Å². The summed E-state index contributed by atoms with van der Waals surface area (Å²) in [5, 5.41) is 6.87. The molecule has 0 unspecified atom stereocenters. The molecule has 7 heteroatoms. The number of esters is 1. The van der Waals surface area contributed by atoms with E-state index in [4.69, 9.17) is 4.74 Å². The summed E-state index contributed by atoms with van der Waals surface area (Å²) < 4.78 is 31.9. The van der Waals surface area contributed by atoms with Crippen LogP contribution in [0.5, 0.6) is 0 Å². The third-order valence-corrected chi connectivity index (χ3v) is 2.87. The number of carbonyl (C=O) groups excluding carboxylic acids is 1. The maximum absolute atomic E-state index is 12.9. The van der Waals surface area contributed by atoms with E-state index >= 15 is 0 Å². The molecule has 18 heavy (non-hydrogen) atoms. The van der Waals surface area contributed by atoms with Crippen molar-refractivity contribution in [2.75, 3.05) is 11.9 Å². The highest BCUT2D eigenvalue weighted by molar-refractivity contribution is 5.94.